The molecule has 0 aromatic heterocycles. The molecule has 2 aliphatic heterocycles. The molecule has 0 saturated carbocycles. The summed E-state index contributed by atoms with van der Waals surface area (Å²) in [6.07, 6.45) is 4.61. The van der Waals surface area contributed by atoms with E-state index in [4.69, 9.17) is 10.5 Å². The predicted octanol–water partition coefficient (Wildman–Crippen LogP) is 4.54. The van der Waals surface area contributed by atoms with Gasteiger partial charge in [-0.05, 0) is 93.3 Å². The largest absolute Gasteiger partial charge is 0.493 e. The van der Waals surface area contributed by atoms with Crippen LogP contribution in [0.1, 0.15) is 70.8 Å². The number of halogens is 2. The van der Waals surface area contributed by atoms with Gasteiger partial charge in [-0.1, -0.05) is 26.0 Å². The molecule has 1 aromatic carbocycles. The molecule has 7 nitrogen and oxygen atoms in total. The van der Waals surface area contributed by atoms with Crippen LogP contribution in [-0.4, -0.2) is 77.3 Å². The molecule has 2 atom stereocenters. The maximum atomic E-state index is 15.1. The van der Waals surface area contributed by atoms with Crippen LogP contribution in [0.5, 0.6) is 5.75 Å². The van der Waals surface area contributed by atoms with Crippen molar-refractivity contribution >= 4 is 17.4 Å². The average molecular weight is 560 g/mol. The number of amides is 2. The van der Waals surface area contributed by atoms with E-state index in [9.17, 15) is 19.1 Å². The average Bonchev–Trinajstić information content (AvgIpc) is 3.31. The Kier molecular flexibility index (Phi) is 10.0. The molecule has 1 aromatic rings. The van der Waals surface area contributed by atoms with Gasteiger partial charge in [0.1, 0.15) is 17.2 Å². The van der Waals surface area contributed by atoms with Crippen LogP contribution in [0.4, 0.5) is 8.78 Å². The van der Waals surface area contributed by atoms with Crippen molar-refractivity contribution in [3.8, 4) is 5.75 Å². The van der Waals surface area contributed by atoms with Gasteiger partial charge in [-0.2, -0.15) is 0 Å². The topological polar surface area (TPSA) is 96.1 Å². The summed E-state index contributed by atoms with van der Waals surface area (Å²) in [6.45, 7) is 6.81. The minimum Gasteiger partial charge on any atom is -0.493 e. The van der Waals surface area contributed by atoms with Crippen LogP contribution in [0.25, 0.3) is 5.57 Å². The summed E-state index contributed by atoms with van der Waals surface area (Å²) < 4.78 is 35.9. The first kappa shape index (κ1) is 30.2. The third-order valence-electron chi connectivity index (χ3n) is 8.77. The molecular formula is C31H43F2N3O4. The highest BCUT2D eigenvalue weighted by Crippen LogP contribution is 2.35. The van der Waals surface area contributed by atoms with Crippen LogP contribution in [-0.2, 0) is 9.59 Å². The van der Waals surface area contributed by atoms with Crippen molar-refractivity contribution in [3.63, 3.8) is 0 Å². The number of ether oxygens (including phenoxy) is 1. The second-order valence-electron chi connectivity index (χ2n) is 11.6. The molecule has 2 amide bonds. The molecule has 3 N–H and O–H groups in total. The second kappa shape index (κ2) is 13.3. The second-order valence-corrected chi connectivity index (χ2v) is 11.6. The number of primary amides is 1. The Hall–Kier alpha value is -2.78. The number of hydrogen-bond acceptors (Lipinski definition) is 5. The van der Waals surface area contributed by atoms with E-state index < -0.39 is 29.5 Å². The number of aliphatic hydroxyl groups excluding tert-OH is 1. The van der Waals surface area contributed by atoms with Gasteiger partial charge >= 0.3 is 0 Å². The minimum absolute atomic E-state index is 0.0229. The standard InChI is InChI=1S/C31H43F2N3O4/c1-3-31(33,4-2)20-35-13-11-21(12-14-35)19-40-26-8-5-22(6-9-26)27-10-7-23(15-28(27)32)30(39)36-18-25(37)16-24(36)17-29(34)38/h5-6,8-9,15,21,24-25,37H,3-4,7,10-14,16-20H2,1-2H3,(H2,34,38)/t24?,25-/m1/s1. The van der Waals surface area contributed by atoms with Crippen LogP contribution < -0.4 is 10.5 Å². The van der Waals surface area contributed by atoms with Gasteiger partial charge in [0.15, 0.2) is 0 Å². The van der Waals surface area contributed by atoms with Gasteiger partial charge in [0, 0.05) is 31.1 Å². The van der Waals surface area contributed by atoms with E-state index in [1.165, 1.54) is 11.0 Å². The van der Waals surface area contributed by atoms with Crippen LogP contribution in [0.3, 0.4) is 0 Å². The number of carbonyl (C=O) groups excluding carboxylic acids is 2. The Labute approximate surface area is 236 Å². The fourth-order valence-corrected chi connectivity index (χ4v) is 6.05. The normalized spacial score (nSPS) is 22.9. The molecule has 3 aliphatic rings. The van der Waals surface area contributed by atoms with E-state index in [1.807, 2.05) is 38.1 Å². The molecule has 0 radical (unpaired) electrons. The van der Waals surface area contributed by atoms with Gasteiger partial charge < -0.3 is 25.4 Å². The first-order valence-electron chi connectivity index (χ1n) is 14.6. The highest BCUT2D eigenvalue weighted by atomic mass is 19.1. The lowest BCUT2D eigenvalue weighted by atomic mass is 9.91. The van der Waals surface area contributed by atoms with Gasteiger partial charge in [0.05, 0.1) is 12.7 Å². The summed E-state index contributed by atoms with van der Waals surface area (Å²) in [7, 11) is 0. The number of alkyl halides is 1. The highest BCUT2D eigenvalue weighted by Gasteiger charge is 2.37. The smallest absolute Gasteiger partial charge is 0.250 e. The highest BCUT2D eigenvalue weighted by molar-refractivity contribution is 5.96. The zero-order valence-corrected chi connectivity index (χ0v) is 23.7. The van der Waals surface area contributed by atoms with Crippen molar-refractivity contribution in [2.75, 3.05) is 32.8 Å². The Balaban J connectivity index is 1.30. The van der Waals surface area contributed by atoms with Crippen molar-refractivity contribution < 1.29 is 28.2 Å². The lowest BCUT2D eigenvalue weighted by Gasteiger charge is -2.36. The first-order chi connectivity index (χ1) is 19.1. The summed E-state index contributed by atoms with van der Waals surface area (Å²) >= 11 is 0. The molecule has 2 heterocycles. The predicted molar refractivity (Wildman–Crippen MR) is 151 cm³/mol. The van der Waals surface area contributed by atoms with Crippen molar-refractivity contribution in [1.82, 2.24) is 9.80 Å². The summed E-state index contributed by atoms with van der Waals surface area (Å²) in [5, 5.41) is 10.00. The number of carbonyl (C=O) groups is 2. The number of piperidine rings is 1. The number of nitrogens with two attached hydrogens (primary N) is 1. The number of benzene rings is 1. The molecule has 9 heteroatoms. The minimum atomic E-state index is -1.10. The lowest BCUT2D eigenvalue weighted by Crippen LogP contribution is -2.44. The van der Waals surface area contributed by atoms with Crippen LogP contribution in [0, 0.1) is 5.92 Å². The zero-order valence-electron chi connectivity index (χ0n) is 23.7. The van der Waals surface area contributed by atoms with Gasteiger partial charge in [0.25, 0.3) is 0 Å². The maximum absolute atomic E-state index is 15.1. The third kappa shape index (κ3) is 7.49. The Bertz CT molecular complexity index is 1110. The number of β-amino-alcohol motifs (C(OH)–C–C–N with tert-alkyl or cyclic N) is 1. The molecule has 1 unspecified atom stereocenters. The van der Waals surface area contributed by atoms with E-state index in [2.05, 4.69) is 4.90 Å². The molecule has 220 valence electrons. The van der Waals surface area contributed by atoms with E-state index in [-0.39, 0.29) is 25.3 Å². The molecule has 40 heavy (non-hydrogen) atoms. The molecule has 2 fully saturated rings. The van der Waals surface area contributed by atoms with E-state index >= 15 is 4.39 Å². The Morgan fingerprint density at radius 2 is 1.80 bits per heavy atom. The summed E-state index contributed by atoms with van der Waals surface area (Å²) in [5.74, 6) is -0.199. The number of rotatable bonds is 11. The number of nitrogens with zero attached hydrogens (tertiary/aromatic N) is 2. The number of aliphatic hydroxyl groups is 1. The number of likely N-dealkylation sites (tertiary alicyclic amines) is 2. The monoisotopic (exact) mass is 559 g/mol. The van der Waals surface area contributed by atoms with Crippen LogP contribution in [0.2, 0.25) is 0 Å². The maximum Gasteiger partial charge on any atom is 0.250 e. The first-order valence-corrected chi connectivity index (χ1v) is 14.6. The van der Waals surface area contributed by atoms with Crippen molar-refractivity contribution in [3.05, 3.63) is 47.3 Å². The van der Waals surface area contributed by atoms with Crippen molar-refractivity contribution in [2.45, 2.75) is 83.0 Å². The number of allylic oxidation sites excluding steroid dienone is 3. The quantitative estimate of drug-likeness (QED) is 0.415. The summed E-state index contributed by atoms with van der Waals surface area (Å²) in [6, 6.07) is 6.89. The van der Waals surface area contributed by atoms with Crippen LogP contribution >= 0.6 is 0 Å². The van der Waals surface area contributed by atoms with Gasteiger partial charge in [-0.3, -0.25) is 9.59 Å². The number of hydrogen-bond donors (Lipinski definition) is 2. The fourth-order valence-electron chi connectivity index (χ4n) is 6.05. The fraction of sp³-hybridized carbons (Fsp3) is 0.613. The SMILES string of the molecule is CCC(F)(CC)CN1CCC(COc2ccc(C3=C(F)C=C(C(=O)N4C[C@H](O)CC4CC(N)=O)CC3)cc2)CC1. The Morgan fingerprint density at radius 1 is 1.12 bits per heavy atom. The molecule has 0 bridgehead atoms. The van der Waals surface area contributed by atoms with E-state index in [1.54, 1.807) is 0 Å². The molecule has 4 rings (SSSR count). The molecular weight excluding hydrogens is 516 g/mol. The van der Waals surface area contributed by atoms with Gasteiger partial charge in [-0.25, -0.2) is 8.78 Å². The summed E-state index contributed by atoms with van der Waals surface area (Å²) in [5.41, 5.74) is 5.81. The van der Waals surface area contributed by atoms with Crippen molar-refractivity contribution in [2.24, 2.45) is 11.7 Å². The van der Waals surface area contributed by atoms with E-state index in [0.717, 1.165) is 37.2 Å². The van der Waals surface area contributed by atoms with Gasteiger partial charge in [-0.15, -0.1) is 0 Å². The summed E-state index contributed by atoms with van der Waals surface area (Å²) in [4.78, 5) is 28.1. The molecule has 0 spiro atoms. The van der Waals surface area contributed by atoms with Crippen molar-refractivity contribution in [1.29, 1.82) is 0 Å². The Morgan fingerprint density at radius 3 is 2.40 bits per heavy atom. The van der Waals surface area contributed by atoms with E-state index in [0.29, 0.717) is 55.9 Å². The van der Waals surface area contributed by atoms with Crippen LogP contribution in [0.15, 0.2) is 41.7 Å². The molecule has 2 saturated heterocycles. The lowest BCUT2D eigenvalue weighted by molar-refractivity contribution is -0.129. The van der Waals surface area contributed by atoms with Gasteiger partial charge in [0.2, 0.25) is 11.8 Å². The molecule has 1 aliphatic carbocycles. The third-order valence-corrected chi connectivity index (χ3v) is 8.77. The zero-order chi connectivity index (χ0) is 28.9.